The van der Waals surface area contributed by atoms with Gasteiger partial charge in [-0.2, -0.15) is 0 Å². The number of hydrogen-bond acceptors (Lipinski definition) is 3. The number of benzene rings is 1. The largest absolute Gasteiger partial charge is 0.497 e. The molecule has 0 fully saturated rings. The first kappa shape index (κ1) is 11.4. The summed E-state index contributed by atoms with van der Waals surface area (Å²) in [5.74, 6) is 0.661. The van der Waals surface area contributed by atoms with E-state index in [2.05, 4.69) is 10.3 Å². The zero-order chi connectivity index (χ0) is 12.3. The van der Waals surface area contributed by atoms with E-state index in [0.29, 0.717) is 12.1 Å². The lowest BCUT2D eigenvalue weighted by atomic mass is 10.1. The molecule has 4 nitrogen and oxygen atoms in total. The van der Waals surface area contributed by atoms with Gasteiger partial charge >= 0.3 is 0 Å². The van der Waals surface area contributed by atoms with Gasteiger partial charge in [-0.15, -0.1) is 0 Å². The Bertz CT molecular complexity index is 552. The summed E-state index contributed by atoms with van der Waals surface area (Å²) < 4.78 is 5.12. The first-order valence-electron chi connectivity index (χ1n) is 5.46. The van der Waals surface area contributed by atoms with Gasteiger partial charge in [0, 0.05) is 24.2 Å². The van der Waals surface area contributed by atoms with Crippen LogP contribution in [0, 0.1) is 0 Å². The van der Waals surface area contributed by atoms with Crippen molar-refractivity contribution in [3.63, 3.8) is 0 Å². The average Bonchev–Trinajstić information content (AvgIpc) is 2.37. The van der Waals surface area contributed by atoms with Gasteiger partial charge in [-0.3, -0.25) is 9.78 Å². The number of nitrogens with zero attached hydrogens (tertiary/aromatic N) is 1. The van der Waals surface area contributed by atoms with Crippen LogP contribution in [-0.4, -0.2) is 24.5 Å². The second-order valence-electron chi connectivity index (χ2n) is 3.64. The van der Waals surface area contributed by atoms with Crippen molar-refractivity contribution >= 4 is 16.8 Å². The minimum atomic E-state index is -0.0993. The van der Waals surface area contributed by atoms with Gasteiger partial charge in [0.2, 0.25) is 0 Å². The maximum Gasteiger partial charge on any atom is 0.252 e. The molecular weight excluding hydrogens is 216 g/mol. The third-order valence-corrected chi connectivity index (χ3v) is 2.49. The van der Waals surface area contributed by atoms with Crippen molar-refractivity contribution in [1.82, 2.24) is 10.3 Å². The molecule has 0 unspecified atom stereocenters. The van der Waals surface area contributed by atoms with E-state index in [9.17, 15) is 4.79 Å². The van der Waals surface area contributed by atoms with Gasteiger partial charge in [0.25, 0.3) is 5.91 Å². The van der Waals surface area contributed by atoms with Crippen LogP contribution in [0.5, 0.6) is 5.75 Å². The average molecular weight is 230 g/mol. The van der Waals surface area contributed by atoms with Crippen LogP contribution < -0.4 is 10.1 Å². The van der Waals surface area contributed by atoms with Crippen molar-refractivity contribution < 1.29 is 9.53 Å². The molecule has 88 valence electrons. The Kier molecular flexibility index (Phi) is 3.23. The fourth-order valence-electron chi connectivity index (χ4n) is 1.61. The van der Waals surface area contributed by atoms with Gasteiger partial charge < -0.3 is 10.1 Å². The van der Waals surface area contributed by atoms with Gasteiger partial charge in [-0.25, -0.2) is 0 Å². The molecule has 0 bridgehead atoms. The number of amides is 1. The van der Waals surface area contributed by atoms with Gasteiger partial charge in [0.1, 0.15) is 5.75 Å². The standard InChI is InChI=1S/C13H14N2O2/c1-3-14-13(16)10-6-9-4-5-11(17-2)7-12(9)15-8-10/h4-8H,3H2,1-2H3,(H,14,16). The molecule has 0 aliphatic carbocycles. The van der Waals surface area contributed by atoms with Crippen LogP contribution in [-0.2, 0) is 0 Å². The summed E-state index contributed by atoms with van der Waals surface area (Å²) in [5, 5.41) is 3.67. The summed E-state index contributed by atoms with van der Waals surface area (Å²) in [4.78, 5) is 15.9. The molecule has 0 saturated heterocycles. The SMILES string of the molecule is CCNC(=O)c1cnc2cc(OC)ccc2c1. The minimum Gasteiger partial charge on any atom is -0.497 e. The third kappa shape index (κ3) is 2.36. The maximum atomic E-state index is 11.6. The molecule has 0 radical (unpaired) electrons. The first-order valence-corrected chi connectivity index (χ1v) is 5.46. The van der Waals surface area contributed by atoms with Crippen LogP contribution in [0.3, 0.4) is 0 Å². The van der Waals surface area contributed by atoms with E-state index in [-0.39, 0.29) is 5.91 Å². The molecule has 2 rings (SSSR count). The fraction of sp³-hybridized carbons (Fsp3) is 0.231. The molecule has 1 heterocycles. The molecule has 2 aromatic rings. The predicted molar refractivity (Wildman–Crippen MR) is 66.3 cm³/mol. The monoisotopic (exact) mass is 230 g/mol. The zero-order valence-electron chi connectivity index (χ0n) is 9.86. The highest BCUT2D eigenvalue weighted by molar-refractivity contribution is 5.97. The van der Waals surface area contributed by atoms with Crippen LogP contribution in [0.15, 0.2) is 30.5 Å². The van der Waals surface area contributed by atoms with Crippen molar-refractivity contribution in [2.45, 2.75) is 6.92 Å². The van der Waals surface area contributed by atoms with Gasteiger partial charge in [-0.1, -0.05) is 0 Å². The predicted octanol–water partition coefficient (Wildman–Crippen LogP) is 1.99. The molecule has 17 heavy (non-hydrogen) atoms. The number of nitrogens with one attached hydrogen (secondary N) is 1. The summed E-state index contributed by atoms with van der Waals surface area (Å²) >= 11 is 0. The summed E-state index contributed by atoms with van der Waals surface area (Å²) in [6, 6.07) is 7.42. The quantitative estimate of drug-likeness (QED) is 0.877. The third-order valence-electron chi connectivity index (χ3n) is 2.49. The summed E-state index contributed by atoms with van der Waals surface area (Å²) in [7, 11) is 1.62. The number of aromatic nitrogens is 1. The lowest BCUT2D eigenvalue weighted by molar-refractivity contribution is 0.0955. The van der Waals surface area contributed by atoms with Crippen molar-refractivity contribution in [3.8, 4) is 5.75 Å². The number of fused-ring (bicyclic) bond motifs is 1. The minimum absolute atomic E-state index is 0.0993. The van der Waals surface area contributed by atoms with Crippen LogP contribution >= 0.6 is 0 Å². The number of methoxy groups -OCH3 is 1. The van der Waals surface area contributed by atoms with E-state index < -0.39 is 0 Å². The van der Waals surface area contributed by atoms with Crippen LogP contribution in [0.2, 0.25) is 0 Å². The Morgan fingerprint density at radius 1 is 1.41 bits per heavy atom. The highest BCUT2D eigenvalue weighted by atomic mass is 16.5. The Morgan fingerprint density at radius 2 is 2.24 bits per heavy atom. The second-order valence-corrected chi connectivity index (χ2v) is 3.64. The van der Waals surface area contributed by atoms with E-state index >= 15 is 0 Å². The molecule has 1 aromatic heterocycles. The highest BCUT2D eigenvalue weighted by Crippen LogP contribution is 2.19. The topological polar surface area (TPSA) is 51.2 Å². The molecule has 0 aliphatic heterocycles. The van der Waals surface area contributed by atoms with E-state index in [4.69, 9.17) is 4.74 Å². The van der Waals surface area contributed by atoms with E-state index in [1.165, 1.54) is 0 Å². The Morgan fingerprint density at radius 3 is 2.94 bits per heavy atom. The van der Waals surface area contributed by atoms with Gasteiger partial charge in [0.15, 0.2) is 0 Å². The normalized spacial score (nSPS) is 10.2. The van der Waals surface area contributed by atoms with Crippen LogP contribution in [0.4, 0.5) is 0 Å². The fourth-order valence-corrected chi connectivity index (χ4v) is 1.61. The smallest absolute Gasteiger partial charge is 0.252 e. The van der Waals surface area contributed by atoms with E-state index in [1.54, 1.807) is 13.3 Å². The van der Waals surface area contributed by atoms with Crippen LogP contribution in [0.1, 0.15) is 17.3 Å². The van der Waals surface area contributed by atoms with Crippen molar-refractivity contribution in [2.24, 2.45) is 0 Å². The molecule has 0 atom stereocenters. The number of ether oxygens (including phenoxy) is 1. The van der Waals surface area contributed by atoms with Crippen molar-refractivity contribution in [1.29, 1.82) is 0 Å². The van der Waals surface area contributed by atoms with Crippen molar-refractivity contribution in [2.75, 3.05) is 13.7 Å². The first-order chi connectivity index (χ1) is 8.24. The summed E-state index contributed by atoms with van der Waals surface area (Å²) in [6.07, 6.45) is 1.58. The zero-order valence-corrected chi connectivity index (χ0v) is 9.86. The molecule has 4 heteroatoms. The Balaban J connectivity index is 2.41. The van der Waals surface area contributed by atoms with E-state index in [1.807, 2.05) is 31.2 Å². The molecule has 0 aliphatic rings. The number of carbonyl (C=O) groups excluding carboxylic acids is 1. The highest BCUT2D eigenvalue weighted by Gasteiger charge is 2.06. The summed E-state index contributed by atoms with van der Waals surface area (Å²) in [5.41, 5.74) is 1.39. The van der Waals surface area contributed by atoms with Gasteiger partial charge in [-0.05, 0) is 25.1 Å². The van der Waals surface area contributed by atoms with Crippen molar-refractivity contribution in [3.05, 3.63) is 36.0 Å². The number of carbonyl (C=O) groups is 1. The number of pyridine rings is 1. The Hall–Kier alpha value is -2.10. The second kappa shape index (κ2) is 4.82. The molecule has 1 amide bonds. The molecule has 1 N–H and O–H groups in total. The van der Waals surface area contributed by atoms with Gasteiger partial charge in [0.05, 0.1) is 18.2 Å². The van der Waals surface area contributed by atoms with Crippen LogP contribution in [0.25, 0.3) is 10.9 Å². The maximum absolute atomic E-state index is 11.6. The molecule has 0 spiro atoms. The number of rotatable bonds is 3. The molecular formula is C13H14N2O2. The molecule has 0 saturated carbocycles. The lowest BCUT2D eigenvalue weighted by Gasteiger charge is -2.05. The lowest BCUT2D eigenvalue weighted by Crippen LogP contribution is -2.22. The Labute approximate surface area is 99.6 Å². The summed E-state index contributed by atoms with van der Waals surface area (Å²) in [6.45, 7) is 2.50. The number of hydrogen-bond donors (Lipinski definition) is 1. The van der Waals surface area contributed by atoms with E-state index in [0.717, 1.165) is 16.7 Å². The molecule has 1 aromatic carbocycles.